The zero-order valence-corrected chi connectivity index (χ0v) is 13.3. The number of likely N-dealkylation sites (tertiary alicyclic amines) is 1. The third-order valence-electron chi connectivity index (χ3n) is 4.21. The van der Waals surface area contributed by atoms with E-state index in [0.717, 1.165) is 32.5 Å². The molecule has 0 aliphatic carbocycles. The van der Waals surface area contributed by atoms with Gasteiger partial charge in [0.25, 0.3) is 0 Å². The molecule has 0 spiro atoms. The van der Waals surface area contributed by atoms with Gasteiger partial charge in [0.2, 0.25) is 10.0 Å². The van der Waals surface area contributed by atoms with Crippen LogP contribution < -0.4 is 5.73 Å². The molecule has 0 aromatic heterocycles. The Balaban J connectivity index is 0.00000180. The second kappa shape index (κ2) is 7.22. The molecule has 5 nitrogen and oxygen atoms in total. The summed E-state index contributed by atoms with van der Waals surface area (Å²) < 4.78 is 24.8. The molecule has 2 N–H and O–H groups in total. The molecule has 2 rings (SSSR count). The number of piperidine rings is 1. The lowest BCUT2D eigenvalue weighted by Crippen LogP contribution is -2.45. The first-order valence-electron chi connectivity index (χ1n) is 6.90. The van der Waals surface area contributed by atoms with Crippen LogP contribution in [0.3, 0.4) is 0 Å². The van der Waals surface area contributed by atoms with Crippen molar-refractivity contribution in [2.45, 2.75) is 31.7 Å². The smallest absolute Gasteiger partial charge is 0.211 e. The summed E-state index contributed by atoms with van der Waals surface area (Å²) in [6, 6.07) is 0.513. The van der Waals surface area contributed by atoms with Crippen LogP contribution in [0.1, 0.15) is 25.7 Å². The Morgan fingerprint density at radius 1 is 1.21 bits per heavy atom. The normalized spacial score (nSPS) is 30.2. The second-order valence-corrected chi connectivity index (χ2v) is 7.64. The van der Waals surface area contributed by atoms with E-state index < -0.39 is 10.0 Å². The van der Waals surface area contributed by atoms with Crippen LogP contribution in [-0.4, -0.2) is 62.6 Å². The van der Waals surface area contributed by atoms with Crippen molar-refractivity contribution in [1.82, 2.24) is 9.21 Å². The Bertz CT molecular complexity index is 377. The van der Waals surface area contributed by atoms with Gasteiger partial charge in [0.1, 0.15) is 0 Å². The number of hydrogen-bond acceptors (Lipinski definition) is 4. The van der Waals surface area contributed by atoms with Gasteiger partial charge in [-0.15, -0.1) is 12.4 Å². The third-order valence-corrected chi connectivity index (χ3v) is 5.48. The van der Waals surface area contributed by atoms with Crippen LogP contribution in [0, 0.1) is 5.92 Å². The molecule has 0 radical (unpaired) electrons. The number of nitrogens with zero attached hydrogens (tertiary/aromatic N) is 2. The predicted molar refractivity (Wildman–Crippen MR) is 80.0 cm³/mol. The Kier molecular flexibility index (Phi) is 6.53. The molecule has 0 saturated carbocycles. The highest BCUT2D eigenvalue weighted by Gasteiger charge is 2.30. The quantitative estimate of drug-likeness (QED) is 0.821. The molecular weight excluding hydrogens is 286 g/mol. The molecule has 0 aromatic carbocycles. The summed E-state index contributed by atoms with van der Waals surface area (Å²) in [5.41, 5.74) is 5.78. The fraction of sp³-hybridized carbons (Fsp3) is 1.00. The van der Waals surface area contributed by atoms with Crippen LogP contribution in [-0.2, 0) is 10.0 Å². The van der Waals surface area contributed by atoms with E-state index >= 15 is 0 Å². The maximum absolute atomic E-state index is 11.6. The maximum Gasteiger partial charge on any atom is 0.211 e. The van der Waals surface area contributed by atoms with Crippen molar-refractivity contribution < 1.29 is 8.42 Å². The van der Waals surface area contributed by atoms with Gasteiger partial charge in [0, 0.05) is 32.2 Å². The average molecular weight is 312 g/mol. The molecule has 114 valence electrons. The summed E-state index contributed by atoms with van der Waals surface area (Å²) in [6.45, 7) is 4.23. The SMILES string of the molecule is CS(=O)(=O)N1CCCC(CN2CCCC2CN)C1.Cl. The van der Waals surface area contributed by atoms with Gasteiger partial charge in [-0.3, -0.25) is 4.90 Å². The topological polar surface area (TPSA) is 66.6 Å². The van der Waals surface area contributed by atoms with Gasteiger partial charge in [0.15, 0.2) is 0 Å². The highest BCUT2D eigenvalue weighted by Crippen LogP contribution is 2.23. The number of sulfonamides is 1. The molecule has 2 aliphatic rings. The van der Waals surface area contributed by atoms with Crippen molar-refractivity contribution in [2.75, 3.05) is 39.0 Å². The molecular formula is C12H26ClN3O2S. The van der Waals surface area contributed by atoms with Gasteiger partial charge in [0.05, 0.1) is 6.26 Å². The summed E-state index contributed by atoms with van der Waals surface area (Å²) in [5, 5.41) is 0. The molecule has 0 bridgehead atoms. The van der Waals surface area contributed by atoms with Gasteiger partial charge in [-0.2, -0.15) is 0 Å². The summed E-state index contributed by atoms with van der Waals surface area (Å²) >= 11 is 0. The largest absolute Gasteiger partial charge is 0.329 e. The van der Waals surface area contributed by atoms with Gasteiger partial charge >= 0.3 is 0 Å². The molecule has 2 fully saturated rings. The Labute approximate surface area is 123 Å². The Morgan fingerprint density at radius 2 is 1.89 bits per heavy atom. The minimum absolute atomic E-state index is 0. The van der Waals surface area contributed by atoms with Crippen molar-refractivity contribution in [1.29, 1.82) is 0 Å². The lowest BCUT2D eigenvalue weighted by molar-refractivity contribution is 0.170. The van der Waals surface area contributed by atoms with Gasteiger partial charge in [-0.1, -0.05) is 0 Å². The molecule has 19 heavy (non-hydrogen) atoms. The highest BCUT2D eigenvalue weighted by atomic mass is 35.5. The summed E-state index contributed by atoms with van der Waals surface area (Å²) in [7, 11) is -3.02. The zero-order valence-electron chi connectivity index (χ0n) is 11.6. The first kappa shape index (κ1) is 17.2. The van der Waals surface area contributed by atoms with Crippen molar-refractivity contribution in [3.63, 3.8) is 0 Å². The van der Waals surface area contributed by atoms with E-state index in [1.165, 1.54) is 19.1 Å². The zero-order chi connectivity index (χ0) is 13.2. The second-order valence-electron chi connectivity index (χ2n) is 5.66. The van der Waals surface area contributed by atoms with Crippen molar-refractivity contribution in [3.8, 4) is 0 Å². The van der Waals surface area contributed by atoms with Gasteiger partial charge in [-0.25, -0.2) is 12.7 Å². The summed E-state index contributed by atoms with van der Waals surface area (Å²) in [4.78, 5) is 2.45. The van der Waals surface area contributed by atoms with Crippen molar-refractivity contribution in [2.24, 2.45) is 11.7 Å². The first-order chi connectivity index (χ1) is 8.50. The maximum atomic E-state index is 11.6. The van der Waals surface area contributed by atoms with Crippen LogP contribution in [0.2, 0.25) is 0 Å². The van der Waals surface area contributed by atoms with Gasteiger partial charge < -0.3 is 5.73 Å². The molecule has 0 amide bonds. The lowest BCUT2D eigenvalue weighted by atomic mass is 9.99. The van der Waals surface area contributed by atoms with Crippen LogP contribution in [0.4, 0.5) is 0 Å². The minimum atomic E-state index is -3.02. The average Bonchev–Trinajstić information content (AvgIpc) is 2.75. The molecule has 7 heteroatoms. The fourth-order valence-corrected chi connectivity index (χ4v) is 4.15. The highest BCUT2D eigenvalue weighted by molar-refractivity contribution is 7.88. The Morgan fingerprint density at radius 3 is 2.53 bits per heavy atom. The molecule has 2 heterocycles. The summed E-state index contributed by atoms with van der Waals surface area (Å²) in [6.07, 6.45) is 5.86. The predicted octanol–water partition coefficient (Wildman–Crippen LogP) is 0.503. The van der Waals surface area contributed by atoms with E-state index in [4.69, 9.17) is 5.73 Å². The Hall–Kier alpha value is 0.120. The number of halogens is 1. The van der Waals surface area contributed by atoms with E-state index in [-0.39, 0.29) is 12.4 Å². The minimum Gasteiger partial charge on any atom is -0.329 e. The molecule has 0 aromatic rings. The lowest BCUT2D eigenvalue weighted by Gasteiger charge is -2.34. The number of rotatable bonds is 4. The molecule has 2 aliphatic heterocycles. The molecule has 2 unspecified atom stereocenters. The number of nitrogens with two attached hydrogens (primary N) is 1. The van der Waals surface area contributed by atoms with Crippen LogP contribution >= 0.6 is 12.4 Å². The van der Waals surface area contributed by atoms with E-state index in [9.17, 15) is 8.42 Å². The van der Waals surface area contributed by atoms with Crippen molar-refractivity contribution in [3.05, 3.63) is 0 Å². The van der Waals surface area contributed by atoms with E-state index in [1.54, 1.807) is 4.31 Å². The van der Waals surface area contributed by atoms with Crippen LogP contribution in [0.15, 0.2) is 0 Å². The first-order valence-corrected chi connectivity index (χ1v) is 8.75. The van der Waals surface area contributed by atoms with E-state index in [1.807, 2.05) is 0 Å². The monoisotopic (exact) mass is 311 g/mol. The standard InChI is InChI=1S/C12H25N3O2S.ClH/c1-18(16,17)15-7-2-4-11(10-15)9-14-6-3-5-12(14)8-13;/h11-12H,2-10,13H2,1H3;1H. The fourth-order valence-electron chi connectivity index (χ4n) is 3.21. The van der Waals surface area contributed by atoms with Gasteiger partial charge in [-0.05, 0) is 38.1 Å². The molecule has 2 saturated heterocycles. The summed E-state index contributed by atoms with van der Waals surface area (Å²) in [5.74, 6) is 0.473. The third kappa shape index (κ3) is 4.56. The van der Waals surface area contributed by atoms with Crippen LogP contribution in [0.25, 0.3) is 0 Å². The van der Waals surface area contributed by atoms with Crippen molar-refractivity contribution >= 4 is 22.4 Å². The van der Waals surface area contributed by atoms with Crippen LogP contribution in [0.5, 0.6) is 0 Å². The van der Waals surface area contributed by atoms with E-state index in [2.05, 4.69) is 4.90 Å². The number of hydrogen-bond donors (Lipinski definition) is 1. The van der Waals surface area contributed by atoms with E-state index in [0.29, 0.717) is 25.0 Å². The molecule has 2 atom stereocenters.